The van der Waals surface area contributed by atoms with Crippen molar-refractivity contribution in [3.05, 3.63) is 0 Å². The van der Waals surface area contributed by atoms with Gasteiger partial charge in [0.25, 0.3) is 0 Å². The van der Waals surface area contributed by atoms with Gasteiger partial charge in [0.1, 0.15) is 5.41 Å². The number of nitrogens with zero attached hydrogens (tertiary/aromatic N) is 1. The van der Waals surface area contributed by atoms with E-state index in [-0.39, 0.29) is 19.1 Å². The number of rotatable bonds is 6. The zero-order valence-electron chi connectivity index (χ0n) is 10.1. The molecule has 1 aliphatic carbocycles. The molecule has 0 spiro atoms. The first-order valence-corrected chi connectivity index (χ1v) is 6.13. The minimum absolute atomic E-state index is 0.0178. The summed E-state index contributed by atoms with van der Waals surface area (Å²) in [4.78, 5) is 11.9. The molecule has 2 N–H and O–H groups in total. The van der Waals surface area contributed by atoms with Crippen LogP contribution in [0.3, 0.4) is 0 Å². The van der Waals surface area contributed by atoms with Crippen LogP contribution in [0.5, 0.6) is 0 Å². The summed E-state index contributed by atoms with van der Waals surface area (Å²) in [5.41, 5.74) is -0.824. The Kier molecular flexibility index (Phi) is 5.95. The van der Waals surface area contributed by atoms with E-state index in [4.69, 9.17) is 9.84 Å². The Bertz CT molecular complexity index is 280. The Morgan fingerprint density at radius 2 is 2.06 bits per heavy atom. The van der Waals surface area contributed by atoms with E-state index in [1.54, 1.807) is 0 Å². The van der Waals surface area contributed by atoms with E-state index in [0.717, 1.165) is 19.3 Å². The number of nitrogens with one attached hydrogen (secondary N) is 1. The standard InChI is InChI=1S/C12H20N2O3/c13-10-12(4-2-1-3-5-12)11(16)14-6-8-17-9-7-15/h15H,1-9H2,(H,14,16). The largest absolute Gasteiger partial charge is 0.394 e. The first kappa shape index (κ1) is 13.9. The predicted molar refractivity (Wildman–Crippen MR) is 62.0 cm³/mol. The number of aliphatic hydroxyl groups excluding tert-OH is 1. The number of carbonyl (C=O) groups is 1. The van der Waals surface area contributed by atoms with Crippen molar-refractivity contribution in [2.45, 2.75) is 32.1 Å². The lowest BCUT2D eigenvalue weighted by molar-refractivity contribution is -0.129. The summed E-state index contributed by atoms with van der Waals surface area (Å²) in [6, 6.07) is 2.18. The summed E-state index contributed by atoms with van der Waals surface area (Å²) in [7, 11) is 0. The van der Waals surface area contributed by atoms with Gasteiger partial charge in [-0.2, -0.15) is 5.26 Å². The minimum atomic E-state index is -0.824. The molecule has 0 unspecified atom stereocenters. The van der Waals surface area contributed by atoms with E-state index in [9.17, 15) is 10.1 Å². The molecule has 0 aromatic carbocycles. The van der Waals surface area contributed by atoms with Crippen molar-refractivity contribution in [1.82, 2.24) is 5.32 Å². The molecule has 0 aliphatic heterocycles. The van der Waals surface area contributed by atoms with Crippen molar-refractivity contribution in [1.29, 1.82) is 5.26 Å². The van der Waals surface area contributed by atoms with Crippen LogP contribution in [0.2, 0.25) is 0 Å². The molecule has 1 rings (SSSR count). The second-order valence-corrected chi connectivity index (χ2v) is 4.35. The highest BCUT2D eigenvalue weighted by molar-refractivity contribution is 5.85. The number of nitriles is 1. The molecule has 0 bridgehead atoms. The molecular formula is C12H20N2O3. The fourth-order valence-electron chi connectivity index (χ4n) is 2.12. The smallest absolute Gasteiger partial charge is 0.240 e. The molecule has 0 aromatic rings. The lowest BCUT2D eigenvalue weighted by Crippen LogP contribution is -2.42. The molecule has 1 amide bonds. The van der Waals surface area contributed by atoms with Gasteiger partial charge in [-0.15, -0.1) is 0 Å². The van der Waals surface area contributed by atoms with Gasteiger partial charge in [0.2, 0.25) is 5.91 Å². The summed E-state index contributed by atoms with van der Waals surface area (Å²) >= 11 is 0. The van der Waals surface area contributed by atoms with E-state index < -0.39 is 5.41 Å². The zero-order valence-corrected chi connectivity index (χ0v) is 10.1. The molecule has 5 nitrogen and oxygen atoms in total. The molecule has 0 saturated heterocycles. The first-order valence-electron chi connectivity index (χ1n) is 6.13. The maximum atomic E-state index is 11.9. The Labute approximate surface area is 102 Å². The van der Waals surface area contributed by atoms with Crippen molar-refractivity contribution < 1.29 is 14.6 Å². The van der Waals surface area contributed by atoms with E-state index >= 15 is 0 Å². The second-order valence-electron chi connectivity index (χ2n) is 4.35. The number of hydrogen-bond donors (Lipinski definition) is 2. The van der Waals surface area contributed by atoms with Crippen LogP contribution in [0.4, 0.5) is 0 Å². The molecule has 1 saturated carbocycles. The van der Waals surface area contributed by atoms with Crippen LogP contribution in [0.15, 0.2) is 0 Å². The topological polar surface area (TPSA) is 82.4 Å². The van der Waals surface area contributed by atoms with Crippen molar-refractivity contribution in [2.24, 2.45) is 5.41 Å². The van der Waals surface area contributed by atoms with E-state index in [0.29, 0.717) is 26.0 Å². The lowest BCUT2D eigenvalue weighted by atomic mass is 9.74. The van der Waals surface area contributed by atoms with Gasteiger partial charge in [-0.25, -0.2) is 0 Å². The fourth-order valence-corrected chi connectivity index (χ4v) is 2.12. The predicted octanol–water partition coefficient (Wildman–Crippen LogP) is 0.586. The Hall–Kier alpha value is -1.12. The Morgan fingerprint density at radius 1 is 1.35 bits per heavy atom. The van der Waals surface area contributed by atoms with E-state index in [1.165, 1.54) is 0 Å². The van der Waals surface area contributed by atoms with Crippen LogP contribution in [-0.4, -0.2) is 37.4 Å². The van der Waals surface area contributed by atoms with Crippen molar-refractivity contribution in [3.8, 4) is 6.07 Å². The molecule has 96 valence electrons. The van der Waals surface area contributed by atoms with Gasteiger partial charge in [-0.1, -0.05) is 19.3 Å². The average Bonchev–Trinajstić information content (AvgIpc) is 2.39. The maximum Gasteiger partial charge on any atom is 0.240 e. The molecule has 0 atom stereocenters. The van der Waals surface area contributed by atoms with Crippen molar-refractivity contribution in [3.63, 3.8) is 0 Å². The number of ether oxygens (including phenoxy) is 1. The van der Waals surface area contributed by atoms with Gasteiger partial charge >= 0.3 is 0 Å². The molecule has 1 aliphatic rings. The van der Waals surface area contributed by atoms with Crippen LogP contribution in [0.25, 0.3) is 0 Å². The van der Waals surface area contributed by atoms with E-state index in [1.807, 2.05) is 0 Å². The van der Waals surface area contributed by atoms with Crippen molar-refractivity contribution >= 4 is 5.91 Å². The monoisotopic (exact) mass is 240 g/mol. The summed E-state index contributed by atoms with van der Waals surface area (Å²) in [6.45, 7) is 1.02. The average molecular weight is 240 g/mol. The minimum Gasteiger partial charge on any atom is -0.394 e. The SMILES string of the molecule is N#CC1(C(=O)NCCOCCO)CCCCC1. The normalized spacial score (nSPS) is 18.4. The van der Waals surface area contributed by atoms with Crippen LogP contribution in [0, 0.1) is 16.7 Å². The number of hydrogen-bond acceptors (Lipinski definition) is 4. The van der Waals surface area contributed by atoms with Crippen LogP contribution in [-0.2, 0) is 9.53 Å². The number of aliphatic hydroxyl groups is 1. The summed E-state index contributed by atoms with van der Waals surface area (Å²) in [6.07, 6.45) is 4.32. The molecule has 0 heterocycles. The summed E-state index contributed by atoms with van der Waals surface area (Å²) in [5.74, 6) is -0.174. The van der Waals surface area contributed by atoms with Gasteiger partial charge in [-0.05, 0) is 12.8 Å². The molecule has 0 aromatic heterocycles. The quantitative estimate of drug-likeness (QED) is 0.665. The molecule has 17 heavy (non-hydrogen) atoms. The fraction of sp³-hybridized carbons (Fsp3) is 0.833. The lowest BCUT2D eigenvalue weighted by Gasteiger charge is -2.29. The van der Waals surface area contributed by atoms with Crippen LogP contribution in [0.1, 0.15) is 32.1 Å². The summed E-state index contributed by atoms with van der Waals surface area (Å²) in [5, 5.41) is 20.4. The Morgan fingerprint density at radius 3 is 2.65 bits per heavy atom. The third kappa shape index (κ3) is 3.99. The van der Waals surface area contributed by atoms with Gasteiger partial charge in [0, 0.05) is 6.54 Å². The molecule has 5 heteroatoms. The second kappa shape index (κ2) is 7.25. The third-order valence-corrected chi connectivity index (χ3v) is 3.12. The number of carbonyl (C=O) groups excluding carboxylic acids is 1. The summed E-state index contributed by atoms with van der Waals surface area (Å²) < 4.78 is 5.04. The van der Waals surface area contributed by atoms with Crippen LogP contribution < -0.4 is 5.32 Å². The van der Waals surface area contributed by atoms with Gasteiger partial charge in [-0.3, -0.25) is 4.79 Å². The Balaban J connectivity index is 2.32. The highest BCUT2D eigenvalue weighted by Crippen LogP contribution is 2.35. The highest BCUT2D eigenvalue weighted by atomic mass is 16.5. The molecular weight excluding hydrogens is 220 g/mol. The first-order chi connectivity index (χ1) is 8.25. The van der Waals surface area contributed by atoms with Gasteiger partial charge in [0.15, 0.2) is 0 Å². The van der Waals surface area contributed by atoms with E-state index in [2.05, 4.69) is 11.4 Å². The van der Waals surface area contributed by atoms with Crippen molar-refractivity contribution in [2.75, 3.05) is 26.4 Å². The van der Waals surface area contributed by atoms with Gasteiger partial charge in [0.05, 0.1) is 25.9 Å². The van der Waals surface area contributed by atoms with Crippen LogP contribution >= 0.6 is 0 Å². The highest BCUT2D eigenvalue weighted by Gasteiger charge is 2.39. The molecule has 1 fully saturated rings. The third-order valence-electron chi connectivity index (χ3n) is 3.12. The maximum absolute atomic E-state index is 11.9. The van der Waals surface area contributed by atoms with Gasteiger partial charge < -0.3 is 15.2 Å². The number of amides is 1. The zero-order chi connectivity index (χ0) is 12.6. The molecule has 0 radical (unpaired) electrons.